The zero-order chi connectivity index (χ0) is 34.0. The summed E-state index contributed by atoms with van der Waals surface area (Å²) in [6, 6.07) is 17.8. The van der Waals surface area contributed by atoms with Gasteiger partial charge in [-0.05, 0) is 160 Å². The molecule has 3 heteroatoms. The summed E-state index contributed by atoms with van der Waals surface area (Å²) in [6.07, 6.45) is 28.3. The summed E-state index contributed by atoms with van der Waals surface area (Å²) >= 11 is 0. The highest BCUT2D eigenvalue weighted by molar-refractivity contribution is 5.31. The number of methoxy groups -OCH3 is 2. The summed E-state index contributed by atoms with van der Waals surface area (Å²) in [5.41, 5.74) is 2.67. The van der Waals surface area contributed by atoms with E-state index in [9.17, 15) is 0 Å². The van der Waals surface area contributed by atoms with Crippen LogP contribution in [0.15, 0.2) is 48.5 Å². The Morgan fingerprint density at radius 1 is 0.449 bits per heavy atom. The first-order valence-corrected chi connectivity index (χ1v) is 21.0. The predicted octanol–water partition coefficient (Wildman–Crippen LogP) is 13.3. The Bertz CT molecular complexity index is 1090. The van der Waals surface area contributed by atoms with E-state index in [0.717, 1.165) is 47.0 Å². The van der Waals surface area contributed by atoms with Crippen LogP contribution in [0.25, 0.3) is 0 Å². The van der Waals surface area contributed by atoms with Crippen LogP contribution in [0.2, 0.25) is 0 Å². The summed E-state index contributed by atoms with van der Waals surface area (Å²) in [6.45, 7) is 4.72. The SMILES string of the molecule is CCC[C@H]1CC[C@H]([C@H]2CC[C@H](C(OC(c3ccc(OC)cc3)[C@H]3CC[C@H]([C@H]4CC[C@H](CCC)CC4)CC3)c3ccc(OC)cc3)CC2)CC1. The lowest BCUT2D eigenvalue weighted by atomic mass is 9.67. The molecule has 4 saturated carbocycles. The lowest BCUT2D eigenvalue weighted by molar-refractivity contribution is -0.0934. The third-order valence-corrected chi connectivity index (χ3v) is 14.2. The zero-order valence-corrected chi connectivity index (χ0v) is 31.8. The Morgan fingerprint density at radius 2 is 0.755 bits per heavy atom. The van der Waals surface area contributed by atoms with Gasteiger partial charge in [-0.3, -0.25) is 0 Å². The molecule has 0 bridgehead atoms. The van der Waals surface area contributed by atoms with Crippen molar-refractivity contribution in [1.82, 2.24) is 0 Å². The molecule has 0 aliphatic heterocycles. The number of hydrogen-bond donors (Lipinski definition) is 0. The molecular formula is C46H70O3. The number of ether oxygens (including phenoxy) is 3. The number of rotatable bonds is 14. The van der Waals surface area contributed by atoms with Crippen molar-refractivity contribution < 1.29 is 14.2 Å². The van der Waals surface area contributed by atoms with E-state index in [1.165, 1.54) is 140 Å². The van der Waals surface area contributed by atoms with Crippen LogP contribution in [0.4, 0.5) is 0 Å². The van der Waals surface area contributed by atoms with Gasteiger partial charge in [0.1, 0.15) is 11.5 Å². The van der Waals surface area contributed by atoms with Gasteiger partial charge in [0.25, 0.3) is 0 Å². The van der Waals surface area contributed by atoms with Crippen molar-refractivity contribution in [2.45, 2.75) is 154 Å². The summed E-state index contributed by atoms with van der Waals surface area (Å²) in [5.74, 6) is 8.73. The van der Waals surface area contributed by atoms with Gasteiger partial charge in [-0.15, -0.1) is 0 Å². The Hall–Kier alpha value is -2.00. The van der Waals surface area contributed by atoms with Crippen LogP contribution in [0.5, 0.6) is 11.5 Å². The van der Waals surface area contributed by atoms with Crippen LogP contribution in [0.1, 0.15) is 166 Å². The van der Waals surface area contributed by atoms with Crippen molar-refractivity contribution in [3.05, 3.63) is 59.7 Å². The second-order valence-corrected chi connectivity index (χ2v) is 17.0. The summed E-state index contributed by atoms with van der Waals surface area (Å²) in [5, 5.41) is 0. The molecule has 0 N–H and O–H groups in total. The van der Waals surface area contributed by atoms with Gasteiger partial charge in [-0.1, -0.05) is 89.5 Å². The van der Waals surface area contributed by atoms with E-state index in [4.69, 9.17) is 14.2 Å². The second-order valence-electron chi connectivity index (χ2n) is 17.0. The molecule has 4 aliphatic carbocycles. The van der Waals surface area contributed by atoms with Crippen molar-refractivity contribution >= 4 is 0 Å². The molecule has 272 valence electrons. The maximum atomic E-state index is 7.61. The Morgan fingerprint density at radius 3 is 1.04 bits per heavy atom. The van der Waals surface area contributed by atoms with Crippen LogP contribution in [0.3, 0.4) is 0 Å². The van der Waals surface area contributed by atoms with E-state index in [1.807, 2.05) is 0 Å². The van der Waals surface area contributed by atoms with Crippen molar-refractivity contribution in [1.29, 1.82) is 0 Å². The number of hydrogen-bond acceptors (Lipinski definition) is 3. The van der Waals surface area contributed by atoms with Crippen molar-refractivity contribution in [2.75, 3.05) is 14.2 Å². The molecule has 2 aromatic rings. The molecule has 0 saturated heterocycles. The molecule has 49 heavy (non-hydrogen) atoms. The molecule has 0 aromatic heterocycles. The van der Waals surface area contributed by atoms with Gasteiger partial charge in [0, 0.05) is 0 Å². The third-order valence-electron chi connectivity index (χ3n) is 14.2. The minimum atomic E-state index is 0.116. The topological polar surface area (TPSA) is 27.7 Å². The summed E-state index contributed by atoms with van der Waals surface area (Å²) in [4.78, 5) is 0. The van der Waals surface area contributed by atoms with Crippen LogP contribution in [-0.2, 0) is 4.74 Å². The molecule has 2 atom stereocenters. The summed E-state index contributed by atoms with van der Waals surface area (Å²) in [7, 11) is 3.54. The van der Waals surface area contributed by atoms with Crippen molar-refractivity contribution in [2.24, 2.45) is 47.3 Å². The minimum Gasteiger partial charge on any atom is -0.497 e. The normalized spacial score (nSPS) is 32.2. The quantitative estimate of drug-likeness (QED) is 0.200. The predicted molar refractivity (Wildman–Crippen MR) is 204 cm³/mol. The maximum absolute atomic E-state index is 7.61. The highest BCUT2D eigenvalue weighted by Crippen LogP contribution is 2.50. The first-order valence-electron chi connectivity index (χ1n) is 21.0. The van der Waals surface area contributed by atoms with Crippen LogP contribution < -0.4 is 9.47 Å². The van der Waals surface area contributed by atoms with Crippen LogP contribution >= 0.6 is 0 Å². The third kappa shape index (κ3) is 9.66. The molecule has 0 heterocycles. The van der Waals surface area contributed by atoms with Gasteiger partial charge in [-0.25, -0.2) is 0 Å². The van der Waals surface area contributed by atoms with Crippen molar-refractivity contribution in [3.8, 4) is 11.5 Å². The molecule has 6 rings (SSSR count). The molecule has 2 unspecified atom stereocenters. The first kappa shape index (κ1) is 36.8. The van der Waals surface area contributed by atoms with E-state index >= 15 is 0 Å². The van der Waals surface area contributed by atoms with Crippen LogP contribution in [-0.4, -0.2) is 14.2 Å². The van der Waals surface area contributed by atoms with E-state index in [-0.39, 0.29) is 12.2 Å². The average molecular weight is 671 g/mol. The summed E-state index contributed by atoms with van der Waals surface area (Å²) < 4.78 is 18.8. The van der Waals surface area contributed by atoms with E-state index in [1.54, 1.807) is 14.2 Å². The van der Waals surface area contributed by atoms with Gasteiger partial charge in [0.2, 0.25) is 0 Å². The van der Waals surface area contributed by atoms with Gasteiger partial charge < -0.3 is 14.2 Å². The molecule has 3 nitrogen and oxygen atoms in total. The Balaban J connectivity index is 1.16. The Kier molecular flexibility index (Phi) is 13.9. The maximum Gasteiger partial charge on any atom is 0.118 e. The molecule has 0 spiro atoms. The molecule has 4 aliphatic rings. The van der Waals surface area contributed by atoms with Crippen molar-refractivity contribution in [3.63, 3.8) is 0 Å². The average Bonchev–Trinajstić information content (AvgIpc) is 3.17. The van der Waals surface area contributed by atoms with Gasteiger partial charge in [-0.2, -0.15) is 0 Å². The standard InChI is InChI=1S/C46H70O3/c1-5-7-33-9-13-35(14-10-33)37-17-21-39(22-18-37)45(41-25-29-43(47-3)30-26-41)49-46(42-27-31-44(48-4)32-28-42)40-23-19-38(20-24-40)36-15-11-34(8-6-2)12-16-36/h25-40,45-46H,5-24H2,1-4H3/t33-,34-,35-,36-,37-,38-,39-,40-,45?,46?. The number of benzene rings is 2. The van der Waals surface area contributed by atoms with E-state index in [2.05, 4.69) is 62.4 Å². The molecule has 0 amide bonds. The van der Waals surface area contributed by atoms with E-state index < -0.39 is 0 Å². The van der Waals surface area contributed by atoms with Gasteiger partial charge in [0.15, 0.2) is 0 Å². The highest BCUT2D eigenvalue weighted by Gasteiger charge is 2.39. The molecular weight excluding hydrogens is 601 g/mol. The highest BCUT2D eigenvalue weighted by atomic mass is 16.5. The largest absolute Gasteiger partial charge is 0.497 e. The van der Waals surface area contributed by atoms with Gasteiger partial charge >= 0.3 is 0 Å². The minimum absolute atomic E-state index is 0.116. The lowest BCUT2D eigenvalue weighted by Gasteiger charge is -2.43. The smallest absolute Gasteiger partial charge is 0.118 e. The zero-order valence-electron chi connectivity index (χ0n) is 31.8. The fourth-order valence-corrected chi connectivity index (χ4v) is 11.2. The Labute approximate surface area is 300 Å². The first-order chi connectivity index (χ1) is 24.1. The fourth-order valence-electron chi connectivity index (χ4n) is 11.2. The fraction of sp³-hybridized carbons (Fsp3) is 0.739. The molecule has 2 aromatic carbocycles. The van der Waals surface area contributed by atoms with Crippen LogP contribution in [0, 0.1) is 47.3 Å². The van der Waals surface area contributed by atoms with Gasteiger partial charge in [0.05, 0.1) is 26.4 Å². The molecule has 0 radical (unpaired) electrons. The lowest BCUT2D eigenvalue weighted by Crippen LogP contribution is -2.31. The monoisotopic (exact) mass is 671 g/mol. The molecule has 4 fully saturated rings. The van der Waals surface area contributed by atoms with E-state index in [0.29, 0.717) is 11.8 Å². The second kappa shape index (κ2) is 18.5.